The summed E-state index contributed by atoms with van der Waals surface area (Å²) < 4.78 is 10.2. The number of hydrogen-bond donors (Lipinski definition) is 2. The van der Waals surface area contributed by atoms with Crippen molar-refractivity contribution in [2.45, 2.75) is 13.0 Å². The summed E-state index contributed by atoms with van der Waals surface area (Å²) in [7, 11) is 1.43. The molecular weight excluding hydrogens is 404 g/mol. The first-order valence-corrected chi connectivity index (χ1v) is 9.91. The van der Waals surface area contributed by atoms with Crippen molar-refractivity contribution in [1.29, 1.82) is 0 Å². The molecule has 3 aromatic rings. The second-order valence-electron chi connectivity index (χ2n) is 6.24. The molecule has 1 heterocycles. The summed E-state index contributed by atoms with van der Waals surface area (Å²) >= 11 is 1.29. The van der Waals surface area contributed by atoms with Crippen LogP contribution in [0.25, 0.3) is 17.3 Å². The largest absolute Gasteiger partial charge is 0.504 e. The van der Waals surface area contributed by atoms with Gasteiger partial charge >= 0.3 is 5.97 Å². The van der Waals surface area contributed by atoms with Gasteiger partial charge in [-0.2, -0.15) is 0 Å². The minimum absolute atomic E-state index is 0.000119. The smallest absolute Gasteiger partial charge is 0.331 e. The number of nitrogens with zero attached hydrogens (tertiary/aromatic N) is 1. The molecule has 0 bridgehead atoms. The molecule has 0 aliphatic carbocycles. The molecule has 0 saturated carbocycles. The Kier molecular flexibility index (Phi) is 6.82. The van der Waals surface area contributed by atoms with Gasteiger partial charge in [0.2, 0.25) is 0 Å². The predicted octanol–water partition coefficient (Wildman–Crippen LogP) is 4.11. The molecule has 0 fully saturated rings. The van der Waals surface area contributed by atoms with Gasteiger partial charge in [0.05, 0.1) is 12.8 Å². The highest BCUT2D eigenvalue weighted by molar-refractivity contribution is 7.14. The number of nitrogens with one attached hydrogen (secondary N) is 1. The Morgan fingerprint density at radius 1 is 1.20 bits per heavy atom. The molecule has 30 heavy (non-hydrogen) atoms. The topological polar surface area (TPSA) is 97.8 Å². The SMILES string of the molecule is COc1cc(/C=C/C(=O)OC(C)C(=O)Nc2nc(-c3ccccc3)cs2)ccc1O. The standard InChI is InChI=1S/C22H20N2O5S/c1-14(29-20(26)11-9-15-8-10-18(25)19(12-15)28-2)21(27)24-22-23-17(13-30-22)16-6-4-3-5-7-16/h3-14,25H,1-2H3,(H,23,24,27)/b11-9+. The van der Waals surface area contributed by atoms with Crippen LogP contribution < -0.4 is 10.1 Å². The number of benzene rings is 2. The summed E-state index contributed by atoms with van der Waals surface area (Å²) in [5, 5.41) is 14.5. The Bertz CT molecular complexity index is 1060. The lowest BCUT2D eigenvalue weighted by atomic mass is 10.2. The highest BCUT2D eigenvalue weighted by Crippen LogP contribution is 2.27. The van der Waals surface area contributed by atoms with E-state index in [0.717, 1.165) is 11.3 Å². The number of hydrogen-bond acceptors (Lipinski definition) is 7. The van der Waals surface area contributed by atoms with Crippen molar-refractivity contribution in [2.24, 2.45) is 0 Å². The van der Waals surface area contributed by atoms with Crippen LogP contribution in [0.5, 0.6) is 11.5 Å². The Morgan fingerprint density at radius 2 is 1.97 bits per heavy atom. The van der Waals surface area contributed by atoms with Crippen molar-refractivity contribution in [3.05, 3.63) is 65.6 Å². The summed E-state index contributed by atoms with van der Waals surface area (Å²) in [6.45, 7) is 1.48. The Balaban J connectivity index is 1.55. The van der Waals surface area contributed by atoms with Crippen molar-refractivity contribution in [3.8, 4) is 22.8 Å². The molecule has 1 amide bonds. The van der Waals surface area contributed by atoms with Gasteiger partial charge in [0, 0.05) is 17.0 Å². The fraction of sp³-hybridized carbons (Fsp3) is 0.136. The van der Waals surface area contributed by atoms with Gasteiger partial charge in [-0.1, -0.05) is 36.4 Å². The molecule has 1 aromatic heterocycles. The van der Waals surface area contributed by atoms with E-state index >= 15 is 0 Å². The molecule has 0 radical (unpaired) electrons. The summed E-state index contributed by atoms with van der Waals surface area (Å²) in [6, 6.07) is 14.3. The molecule has 1 unspecified atom stereocenters. The molecule has 2 N–H and O–H groups in total. The van der Waals surface area contributed by atoms with Crippen LogP contribution in [0.2, 0.25) is 0 Å². The molecule has 154 valence electrons. The maximum absolute atomic E-state index is 12.3. The van der Waals surface area contributed by atoms with E-state index in [9.17, 15) is 14.7 Å². The summed E-state index contributed by atoms with van der Waals surface area (Å²) in [4.78, 5) is 28.7. The first kappa shape index (κ1) is 21.1. The maximum atomic E-state index is 12.3. The predicted molar refractivity (Wildman–Crippen MR) is 115 cm³/mol. The second kappa shape index (κ2) is 9.71. The molecule has 2 aromatic carbocycles. The highest BCUT2D eigenvalue weighted by atomic mass is 32.1. The van der Waals surface area contributed by atoms with Crippen molar-refractivity contribution < 1.29 is 24.2 Å². The molecule has 7 nitrogen and oxygen atoms in total. The Morgan fingerprint density at radius 3 is 2.70 bits per heavy atom. The molecular formula is C22H20N2O5S. The maximum Gasteiger partial charge on any atom is 0.331 e. The van der Waals surface area contributed by atoms with Gasteiger partial charge in [0.15, 0.2) is 22.7 Å². The first-order valence-electron chi connectivity index (χ1n) is 9.04. The Hall–Kier alpha value is -3.65. The number of amides is 1. The number of ether oxygens (including phenoxy) is 2. The van der Waals surface area contributed by atoms with E-state index in [-0.39, 0.29) is 11.5 Å². The number of carbonyl (C=O) groups excluding carboxylic acids is 2. The van der Waals surface area contributed by atoms with Crippen molar-refractivity contribution in [3.63, 3.8) is 0 Å². The molecule has 0 aliphatic heterocycles. The third kappa shape index (κ3) is 5.45. The third-order valence-electron chi connectivity index (χ3n) is 4.08. The number of carbonyl (C=O) groups is 2. The number of phenols is 1. The van der Waals surface area contributed by atoms with Gasteiger partial charge in [-0.3, -0.25) is 10.1 Å². The Labute approximate surface area is 177 Å². The summed E-state index contributed by atoms with van der Waals surface area (Å²) in [6.07, 6.45) is 1.70. The normalized spacial score (nSPS) is 11.8. The zero-order valence-electron chi connectivity index (χ0n) is 16.4. The van der Waals surface area contributed by atoms with Crippen molar-refractivity contribution in [2.75, 3.05) is 12.4 Å². The number of aromatic hydroxyl groups is 1. The van der Waals surface area contributed by atoms with Crippen LogP contribution in [-0.2, 0) is 14.3 Å². The third-order valence-corrected chi connectivity index (χ3v) is 4.84. The number of aromatic nitrogens is 1. The van der Waals surface area contributed by atoms with Gasteiger partial charge in [-0.15, -0.1) is 11.3 Å². The van der Waals surface area contributed by atoms with Gasteiger partial charge in [0.25, 0.3) is 5.91 Å². The highest BCUT2D eigenvalue weighted by Gasteiger charge is 2.18. The van der Waals surface area contributed by atoms with E-state index in [2.05, 4.69) is 10.3 Å². The zero-order chi connectivity index (χ0) is 21.5. The quantitative estimate of drug-likeness (QED) is 0.438. The molecule has 0 spiro atoms. The van der Waals surface area contributed by atoms with Crippen LogP contribution in [0.15, 0.2) is 60.0 Å². The number of anilines is 1. The lowest BCUT2D eigenvalue weighted by Crippen LogP contribution is -2.29. The number of phenolic OH excluding ortho intramolecular Hbond substituents is 1. The lowest BCUT2D eigenvalue weighted by Gasteiger charge is -2.10. The van der Waals surface area contributed by atoms with Crippen LogP contribution in [0.3, 0.4) is 0 Å². The fourth-order valence-electron chi connectivity index (χ4n) is 2.51. The van der Waals surface area contributed by atoms with Crippen LogP contribution in [0.1, 0.15) is 12.5 Å². The van der Waals surface area contributed by atoms with Gasteiger partial charge in [-0.05, 0) is 30.7 Å². The molecule has 8 heteroatoms. The van der Waals surface area contributed by atoms with E-state index in [4.69, 9.17) is 9.47 Å². The number of rotatable bonds is 7. The monoisotopic (exact) mass is 424 g/mol. The van der Waals surface area contributed by atoms with Crippen molar-refractivity contribution in [1.82, 2.24) is 4.98 Å². The van der Waals surface area contributed by atoms with Gasteiger partial charge < -0.3 is 14.6 Å². The summed E-state index contributed by atoms with van der Waals surface area (Å²) in [5.74, 6) is -0.859. The van der Waals surface area contributed by atoms with Crippen LogP contribution >= 0.6 is 11.3 Å². The lowest BCUT2D eigenvalue weighted by molar-refractivity contribution is -0.148. The van der Waals surface area contributed by atoms with Crippen LogP contribution in [-0.4, -0.2) is 35.2 Å². The molecule has 3 rings (SSSR count). The molecule has 0 aliphatic rings. The number of methoxy groups -OCH3 is 1. The van der Waals surface area contributed by atoms with E-state index in [0.29, 0.717) is 10.7 Å². The average Bonchev–Trinajstić information content (AvgIpc) is 3.22. The fourth-order valence-corrected chi connectivity index (χ4v) is 3.23. The molecule has 0 saturated heterocycles. The minimum Gasteiger partial charge on any atom is -0.504 e. The van der Waals surface area contributed by atoms with Crippen LogP contribution in [0, 0.1) is 0 Å². The number of esters is 1. The summed E-state index contributed by atoms with van der Waals surface area (Å²) in [5.41, 5.74) is 2.34. The van der Waals surface area contributed by atoms with E-state index in [1.54, 1.807) is 12.1 Å². The second-order valence-corrected chi connectivity index (χ2v) is 7.10. The zero-order valence-corrected chi connectivity index (χ0v) is 17.2. The number of thiazole rings is 1. The first-order chi connectivity index (χ1) is 14.5. The van der Waals surface area contributed by atoms with Crippen LogP contribution in [0.4, 0.5) is 5.13 Å². The van der Waals surface area contributed by atoms with E-state index in [1.807, 2.05) is 35.7 Å². The van der Waals surface area contributed by atoms with Crippen molar-refractivity contribution >= 4 is 34.4 Å². The van der Waals surface area contributed by atoms with E-state index in [1.165, 1.54) is 43.6 Å². The molecule has 1 atom stereocenters. The van der Waals surface area contributed by atoms with E-state index < -0.39 is 18.0 Å². The van der Waals surface area contributed by atoms with Gasteiger partial charge in [-0.25, -0.2) is 9.78 Å². The van der Waals surface area contributed by atoms with Gasteiger partial charge in [0.1, 0.15) is 0 Å². The average molecular weight is 424 g/mol. The minimum atomic E-state index is -0.999.